The lowest BCUT2D eigenvalue weighted by Crippen LogP contribution is -1.92. The molecule has 2 rings (SSSR count). The fourth-order valence-electron chi connectivity index (χ4n) is 0.996. The van der Waals surface area contributed by atoms with Crippen LogP contribution in [0.25, 0.3) is 11.3 Å². The largest absolute Gasteiger partial charge is 0.337 e. The molecule has 0 unspecified atom stereocenters. The monoisotopic (exact) mass is 193 g/mol. The molecule has 0 aromatic carbocycles. The fourth-order valence-corrected chi connectivity index (χ4v) is 1.21. The van der Waals surface area contributed by atoms with E-state index in [9.17, 15) is 0 Å². The molecule has 0 bridgehead atoms. The van der Waals surface area contributed by atoms with Crippen molar-refractivity contribution in [2.24, 2.45) is 7.05 Å². The van der Waals surface area contributed by atoms with Gasteiger partial charge < -0.3 is 4.98 Å². The lowest BCUT2D eigenvalue weighted by Gasteiger charge is -1.93. The van der Waals surface area contributed by atoms with E-state index < -0.39 is 0 Å². The molecule has 0 radical (unpaired) electrons. The zero-order valence-electron chi connectivity index (χ0n) is 6.93. The van der Waals surface area contributed by atoms with Crippen molar-refractivity contribution in [2.75, 3.05) is 0 Å². The van der Waals surface area contributed by atoms with Gasteiger partial charge in [0.25, 0.3) is 0 Å². The molecule has 0 saturated heterocycles. The lowest BCUT2D eigenvalue weighted by atomic mass is 10.3. The van der Waals surface area contributed by atoms with Crippen molar-refractivity contribution in [3.63, 3.8) is 0 Å². The van der Waals surface area contributed by atoms with E-state index in [1.54, 1.807) is 25.8 Å². The summed E-state index contributed by atoms with van der Waals surface area (Å²) in [4.78, 5) is 8.25. The molecule has 2 aromatic heterocycles. The van der Waals surface area contributed by atoms with Gasteiger partial charge >= 0.3 is 0 Å². The Morgan fingerprint density at radius 1 is 1.46 bits per heavy atom. The Bertz CT molecular complexity index is 471. The first-order valence-electron chi connectivity index (χ1n) is 3.67. The Balaban J connectivity index is 2.59. The zero-order chi connectivity index (χ0) is 9.26. The van der Waals surface area contributed by atoms with Gasteiger partial charge in [-0.15, -0.1) is 0 Å². The van der Waals surface area contributed by atoms with Crippen molar-refractivity contribution in [1.29, 1.82) is 0 Å². The maximum atomic E-state index is 5.07. The summed E-state index contributed by atoms with van der Waals surface area (Å²) >= 11 is 5.07. The van der Waals surface area contributed by atoms with Crippen LogP contribution in [0.2, 0.25) is 0 Å². The molecule has 0 aliphatic carbocycles. The van der Waals surface area contributed by atoms with Gasteiger partial charge in [0.05, 0.1) is 18.1 Å². The Kier molecular flexibility index (Phi) is 1.90. The van der Waals surface area contributed by atoms with Crippen LogP contribution in [0.15, 0.2) is 18.7 Å². The van der Waals surface area contributed by atoms with Crippen LogP contribution in [-0.4, -0.2) is 25.0 Å². The SMILES string of the molecule is Cn1ncc(-c2cnc[nH]c2=S)n1. The van der Waals surface area contributed by atoms with Gasteiger partial charge in [0, 0.05) is 13.2 Å². The third-order valence-electron chi connectivity index (χ3n) is 1.59. The fraction of sp³-hybridized carbons (Fsp3) is 0.143. The van der Waals surface area contributed by atoms with Crippen LogP contribution in [0.4, 0.5) is 0 Å². The van der Waals surface area contributed by atoms with Crippen LogP contribution in [0.1, 0.15) is 0 Å². The van der Waals surface area contributed by atoms with Crippen molar-refractivity contribution in [1.82, 2.24) is 25.0 Å². The molecule has 1 N–H and O–H groups in total. The van der Waals surface area contributed by atoms with E-state index in [4.69, 9.17) is 12.2 Å². The highest BCUT2D eigenvalue weighted by atomic mass is 32.1. The van der Waals surface area contributed by atoms with Crippen LogP contribution in [0.3, 0.4) is 0 Å². The molecule has 0 fully saturated rings. The highest BCUT2D eigenvalue weighted by molar-refractivity contribution is 7.71. The zero-order valence-corrected chi connectivity index (χ0v) is 7.75. The van der Waals surface area contributed by atoms with Gasteiger partial charge in [-0.3, -0.25) is 0 Å². The summed E-state index contributed by atoms with van der Waals surface area (Å²) in [5.41, 5.74) is 1.53. The topological polar surface area (TPSA) is 59.4 Å². The number of aromatic amines is 1. The van der Waals surface area contributed by atoms with Crippen molar-refractivity contribution >= 4 is 12.2 Å². The second kappa shape index (κ2) is 3.06. The summed E-state index contributed by atoms with van der Waals surface area (Å²) < 4.78 is 0.621. The minimum absolute atomic E-state index is 0.621. The molecule has 13 heavy (non-hydrogen) atoms. The van der Waals surface area contributed by atoms with Crippen LogP contribution in [0, 0.1) is 4.64 Å². The Morgan fingerprint density at radius 3 is 2.92 bits per heavy atom. The highest BCUT2D eigenvalue weighted by Crippen LogP contribution is 2.13. The Hall–Kier alpha value is -1.56. The van der Waals surface area contributed by atoms with E-state index in [0.717, 1.165) is 11.3 Å². The van der Waals surface area contributed by atoms with Crippen LogP contribution < -0.4 is 0 Å². The first kappa shape index (κ1) is 8.06. The second-order valence-electron chi connectivity index (χ2n) is 2.51. The predicted molar refractivity (Wildman–Crippen MR) is 49.4 cm³/mol. The average Bonchev–Trinajstić information content (AvgIpc) is 2.53. The van der Waals surface area contributed by atoms with Crippen molar-refractivity contribution in [2.45, 2.75) is 0 Å². The normalized spacial score (nSPS) is 10.2. The number of aryl methyl sites for hydroxylation is 1. The molecule has 0 spiro atoms. The predicted octanol–water partition coefficient (Wildman–Crippen LogP) is 0.935. The number of nitrogens with zero attached hydrogens (tertiary/aromatic N) is 4. The van der Waals surface area contributed by atoms with Gasteiger partial charge in [-0.1, -0.05) is 12.2 Å². The molecule has 66 valence electrons. The maximum absolute atomic E-state index is 5.07. The average molecular weight is 193 g/mol. The van der Waals surface area contributed by atoms with Crippen LogP contribution >= 0.6 is 12.2 Å². The summed E-state index contributed by atoms with van der Waals surface area (Å²) in [5, 5.41) is 8.07. The summed E-state index contributed by atoms with van der Waals surface area (Å²) in [7, 11) is 1.76. The molecular formula is C7H7N5S. The molecule has 0 atom stereocenters. The number of nitrogens with one attached hydrogen (secondary N) is 1. The van der Waals surface area contributed by atoms with Gasteiger partial charge in [0.15, 0.2) is 0 Å². The van der Waals surface area contributed by atoms with E-state index in [-0.39, 0.29) is 0 Å². The summed E-state index contributed by atoms with van der Waals surface area (Å²) in [6, 6.07) is 0. The third kappa shape index (κ3) is 1.48. The van der Waals surface area contributed by atoms with Gasteiger partial charge in [-0.05, 0) is 0 Å². The highest BCUT2D eigenvalue weighted by Gasteiger charge is 2.03. The van der Waals surface area contributed by atoms with E-state index in [1.165, 1.54) is 4.80 Å². The van der Waals surface area contributed by atoms with E-state index in [0.29, 0.717) is 4.64 Å². The summed E-state index contributed by atoms with van der Waals surface area (Å²) in [5.74, 6) is 0. The number of hydrogen-bond acceptors (Lipinski definition) is 4. The molecular weight excluding hydrogens is 186 g/mol. The molecule has 0 aliphatic heterocycles. The number of aromatic nitrogens is 5. The van der Waals surface area contributed by atoms with Gasteiger partial charge in [0.1, 0.15) is 10.3 Å². The van der Waals surface area contributed by atoms with Crippen LogP contribution in [-0.2, 0) is 7.05 Å². The Morgan fingerprint density at radius 2 is 2.31 bits per heavy atom. The van der Waals surface area contributed by atoms with E-state index in [1.807, 2.05) is 0 Å². The number of rotatable bonds is 1. The number of H-pyrrole nitrogens is 1. The molecule has 0 aliphatic rings. The van der Waals surface area contributed by atoms with Crippen molar-refractivity contribution in [3.8, 4) is 11.3 Å². The molecule has 2 heterocycles. The quantitative estimate of drug-likeness (QED) is 0.684. The molecule has 0 saturated carbocycles. The smallest absolute Gasteiger partial charge is 0.117 e. The summed E-state index contributed by atoms with van der Waals surface area (Å²) in [6.07, 6.45) is 4.87. The first-order valence-corrected chi connectivity index (χ1v) is 4.07. The Labute approximate surface area is 79.4 Å². The van der Waals surface area contributed by atoms with Gasteiger partial charge in [-0.2, -0.15) is 15.0 Å². The molecule has 2 aromatic rings. The third-order valence-corrected chi connectivity index (χ3v) is 1.93. The van der Waals surface area contributed by atoms with Gasteiger partial charge in [0.2, 0.25) is 0 Å². The standard InChI is InChI=1S/C7H7N5S/c1-12-10-3-6(11-12)5-2-8-4-9-7(5)13/h2-4H,1H3,(H,8,9,13). The van der Waals surface area contributed by atoms with Crippen LogP contribution in [0.5, 0.6) is 0 Å². The van der Waals surface area contributed by atoms with Crippen molar-refractivity contribution in [3.05, 3.63) is 23.4 Å². The van der Waals surface area contributed by atoms with E-state index >= 15 is 0 Å². The molecule has 5 nitrogen and oxygen atoms in total. The van der Waals surface area contributed by atoms with E-state index in [2.05, 4.69) is 20.2 Å². The molecule has 6 heteroatoms. The number of hydrogen-bond donors (Lipinski definition) is 1. The molecule has 0 amide bonds. The minimum Gasteiger partial charge on any atom is -0.337 e. The maximum Gasteiger partial charge on any atom is 0.117 e. The van der Waals surface area contributed by atoms with Gasteiger partial charge in [-0.25, -0.2) is 4.98 Å². The first-order chi connectivity index (χ1) is 6.27. The van der Waals surface area contributed by atoms with Crippen molar-refractivity contribution < 1.29 is 0 Å². The minimum atomic E-state index is 0.621. The lowest BCUT2D eigenvalue weighted by molar-refractivity contribution is 0.655. The summed E-state index contributed by atoms with van der Waals surface area (Å²) in [6.45, 7) is 0. The second-order valence-corrected chi connectivity index (χ2v) is 2.92.